The number of nitrogens with one attached hydrogen (secondary N) is 1. The molecule has 0 spiro atoms. The summed E-state index contributed by atoms with van der Waals surface area (Å²) in [5, 5.41) is 7.46. The third-order valence-corrected chi connectivity index (χ3v) is 5.35. The van der Waals surface area contributed by atoms with Gasteiger partial charge in [-0.3, -0.25) is 4.79 Å². The van der Waals surface area contributed by atoms with Gasteiger partial charge in [0.25, 0.3) is 5.91 Å². The number of hydrogen-bond acceptors (Lipinski definition) is 3. The van der Waals surface area contributed by atoms with Gasteiger partial charge in [0.1, 0.15) is 5.82 Å². The molecule has 27 heavy (non-hydrogen) atoms. The van der Waals surface area contributed by atoms with Gasteiger partial charge in [-0.05, 0) is 69.0 Å². The zero-order valence-electron chi connectivity index (χ0n) is 15.8. The Morgan fingerprint density at radius 1 is 1.19 bits per heavy atom. The van der Waals surface area contributed by atoms with E-state index in [-0.39, 0.29) is 17.8 Å². The van der Waals surface area contributed by atoms with Crippen molar-refractivity contribution in [3.05, 3.63) is 76.9 Å². The van der Waals surface area contributed by atoms with E-state index in [4.69, 9.17) is 0 Å². The predicted octanol–water partition coefficient (Wildman–Crippen LogP) is 4.84. The molecule has 0 aliphatic heterocycles. The number of amides is 1. The Hall–Kier alpha value is -2.60. The number of carbonyl (C=O) groups is 1. The van der Waals surface area contributed by atoms with Crippen LogP contribution in [0, 0.1) is 19.7 Å². The standard InChI is InChI=1S/C21H22FN3OS/c1-13-5-10-18(27-4)11-19(13)21(26)24-14(2)20-12-23-25(15(20)3)17-8-6-16(22)7-9-17/h5-12,14H,1-4H3,(H,24,26). The summed E-state index contributed by atoms with van der Waals surface area (Å²) in [5.74, 6) is -0.392. The first-order chi connectivity index (χ1) is 12.9. The van der Waals surface area contributed by atoms with Crippen LogP contribution in [0.15, 0.2) is 53.6 Å². The lowest BCUT2D eigenvalue weighted by Crippen LogP contribution is -2.27. The van der Waals surface area contributed by atoms with Gasteiger partial charge in [-0.2, -0.15) is 5.10 Å². The number of hydrogen-bond donors (Lipinski definition) is 1. The van der Waals surface area contributed by atoms with Crippen LogP contribution in [0.4, 0.5) is 4.39 Å². The molecule has 4 nitrogen and oxygen atoms in total. The summed E-state index contributed by atoms with van der Waals surface area (Å²) in [7, 11) is 0. The van der Waals surface area contributed by atoms with Crippen molar-refractivity contribution in [2.45, 2.75) is 31.7 Å². The smallest absolute Gasteiger partial charge is 0.252 e. The molecule has 1 amide bonds. The number of aromatic nitrogens is 2. The van der Waals surface area contributed by atoms with Gasteiger partial charge in [0, 0.05) is 21.7 Å². The zero-order valence-corrected chi connectivity index (χ0v) is 16.6. The average molecular weight is 383 g/mol. The number of aryl methyl sites for hydroxylation is 1. The second kappa shape index (κ2) is 7.96. The molecule has 3 rings (SSSR count). The topological polar surface area (TPSA) is 46.9 Å². The molecule has 1 heterocycles. The van der Waals surface area contributed by atoms with Gasteiger partial charge in [0.15, 0.2) is 0 Å². The summed E-state index contributed by atoms with van der Waals surface area (Å²) in [4.78, 5) is 13.8. The number of benzene rings is 2. The van der Waals surface area contributed by atoms with E-state index >= 15 is 0 Å². The van der Waals surface area contributed by atoms with E-state index in [0.29, 0.717) is 5.56 Å². The summed E-state index contributed by atoms with van der Waals surface area (Å²) >= 11 is 1.61. The van der Waals surface area contributed by atoms with Gasteiger partial charge in [-0.15, -0.1) is 11.8 Å². The molecular formula is C21H22FN3OS. The number of halogens is 1. The quantitative estimate of drug-likeness (QED) is 0.641. The highest BCUT2D eigenvalue weighted by atomic mass is 32.2. The molecule has 1 N–H and O–H groups in total. The van der Waals surface area contributed by atoms with E-state index in [2.05, 4.69) is 10.4 Å². The largest absolute Gasteiger partial charge is 0.345 e. The lowest BCUT2D eigenvalue weighted by atomic mass is 10.1. The van der Waals surface area contributed by atoms with E-state index in [1.165, 1.54) is 12.1 Å². The number of carbonyl (C=O) groups excluding carboxylic acids is 1. The van der Waals surface area contributed by atoms with Crippen molar-refractivity contribution in [2.24, 2.45) is 0 Å². The Morgan fingerprint density at radius 2 is 1.89 bits per heavy atom. The maximum atomic E-state index is 13.1. The van der Waals surface area contributed by atoms with Crippen molar-refractivity contribution in [3.8, 4) is 5.69 Å². The SMILES string of the molecule is CSc1ccc(C)c(C(=O)NC(C)c2cnn(-c3ccc(F)cc3)c2C)c1. The Kier molecular flexibility index (Phi) is 5.65. The Labute approximate surface area is 162 Å². The molecular weight excluding hydrogens is 361 g/mol. The highest BCUT2D eigenvalue weighted by Crippen LogP contribution is 2.23. The third-order valence-electron chi connectivity index (χ3n) is 4.62. The molecule has 0 aliphatic carbocycles. The molecule has 3 aromatic rings. The maximum Gasteiger partial charge on any atom is 0.252 e. The first-order valence-corrected chi connectivity index (χ1v) is 9.89. The third kappa shape index (κ3) is 4.06. The predicted molar refractivity (Wildman–Crippen MR) is 107 cm³/mol. The highest BCUT2D eigenvalue weighted by molar-refractivity contribution is 7.98. The molecule has 2 aromatic carbocycles. The van der Waals surface area contributed by atoms with Gasteiger partial charge in [-0.25, -0.2) is 9.07 Å². The molecule has 0 aliphatic rings. The minimum atomic E-state index is -0.285. The lowest BCUT2D eigenvalue weighted by Gasteiger charge is -2.16. The van der Waals surface area contributed by atoms with Crippen molar-refractivity contribution in [1.82, 2.24) is 15.1 Å². The Morgan fingerprint density at radius 3 is 2.56 bits per heavy atom. The molecule has 6 heteroatoms. The first kappa shape index (κ1) is 19.2. The lowest BCUT2D eigenvalue weighted by molar-refractivity contribution is 0.0939. The fraction of sp³-hybridized carbons (Fsp3) is 0.238. The second-order valence-electron chi connectivity index (χ2n) is 6.45. The van der Waals surface area contributed by atoms with Gasteiger partial charge >= 0.3 is 0 Å². The van der Waals surface area contributed by atoms with Crippen LogP contribution in [0.1, 0.15) is 40.1 Å². The van der Waals surface area contributed by atoms with E-state index in [1.807, 2.05) is 45.2 Å². The summed E-state index contributed by atoms with van der Waals surface area (Å²) in [6.07, 6.45) is 3.73. The van der Waals surface area contributed by atoms with E-state index in [1.54, 1.807) is 34.8 Å². The minimum absolute atomic E-state index is 0.107. The fourth-order valence-electron chi connectivity index (χ4n) is 3.01. The van der Waals surface area contributed by atoms with Crippen molar-refractivity contribution in [1.29, 1.82) is 0 Å². The van der Waals surface area contributed by atoms with Crippen LogP contribution in [-0.2, 0) is 0 Å². The molecule has 1 aromatic heterocycles. The molecule has 0 bridgehead atoms. The maximum absolute atomic E-state index is 13.1. The Balaban J connectivity index is 1.82. The molecule has 140 valence electrons. The van der Waals surface area contributed by atoms with Crippen LogP contribution >= 0.6 is 11.8 Å². The molecule has 0 saturated carbocycles. The number of rotatable bonds is 5. The molecule has 0 radical (unpaired) electrons. The zero-order chi connectivity index (χ0) is 19.6. The van der Waals surface area contributed by atoms with Crippen molar-refractivity contribution >= 4 is 17.7 Å². The number of thioether (sulfide) groups is 1. The van der Waals surface area contributed by atoms with Crippen LogP contribution < -0.4 is 5.32 Å². The second-order valence-corrected chi connectivity index (χ2v) is 7.33. The van der Waals surface area contributed by atoms with E-state index in [9.17, 15) is 9.18 Å². The normalized spacial score (nSPS) is 12.0. The van der Waals surface area contributed by atoms with Gasteiger partial charge in [0.05, 0.1) is 17.9 Å². The summed E-state index contributed by atoms with van der Waals surface area (Å²) in [6, 6.07) is 11.9. The van der Waals surface area contributed by atoms with Crippen LogP contribution in [0.2, 0.25) is 0 Å². The average Bonchev–Trinajstić information content (AvgIpc) is 3.04. The van der Waals surface area contributed by atoms with Gasteiger partial charge in [0.2, 0.25) is 0 Å². The monoisotopic (exact) mass is 383 g/mol. The van der Waals surface area contributed by atoms with Crippen LogP contribution in [0.5, 0.6) is 0 Å². The fourth-order valence-corrected chi connectivity index (χ4v) is 3.45. The van der Waals surface area contributed by atoms with Crippen molar-refractivity contribution in [3.63, 3.8) is 0 Å². The molecule has 0 fully saturated rings. The van der Waals surface area contributed by atoms with Crippen molar-refractivity contribution in [2.75, 3.05) is 6.26 Å². The van der Waals surface area contributed by atoms with E-state index < -0.39 is 0 Å². The van der Waals surface area contributed by atoms with Crippen LogP contribution in [0.25, 0.3) is 5.69 Å². The van der Waals surface area contributed by atoms with Crippen LogP contribution in [-0.4, -0.2) is 21.9 Å². The summed E-state index contributed by atoms with van der Waals surface area (Å²) in [6.45, 7) is 5.81. The number of nitrogens with zero attached hydrogens (tertiary/aromatic N) is 2. The van der Waals surface area contributed by atoms with E-state index in [0.717, 1.165) is 27.4 Å². The molecule has 0 saturated heterocycles. The molecule has 1 unspecified atom stereocenters. The highest BCUT2D eigenvalue weighted by Gasteiger charge is 2.18. The van der Waals surface area contributed by atoms with Gasteiger partial charge in [-0.1, -0.05) is 6.07 Å². The first-order valence-electron chi connectivity index (χ1n) is 8.66. The van der Waals surface area contributed by atoms with Gasteiger partial charge < -0.3 is 5.32 Å². The molecule has 1 atom stereocenters. The Bertz CT molecular complexity index is 966. The van der Waals surface area contributed by atoms with Crippen molar-refractivity contribution < 1.29 is 9.18 Å². The van der Waals surface area contributed by atoms with Crippen LogP contribution in [0.3, 0.4) is 0 Å². The summed E-state index contributed by atoms with van der Waals surface area (Å²) in [5.41, 5.74) is 4.23. The summed E-state index contributed by atoms with van der Waals surface area (Å²) < 4.78 is 14.9. The minimum Gasteiger partial charge on any atom is -0.345 e.